The van der Waals surface area contributed by atoms with Crippen LogP contribution < -0.4 is 10.2 Å². The summed E-state index contributed by atoms with van der Waals surface area (Å²) < 4.78 is 1.07. The zero-order valence-electron chi connectivity index (χ0n) is 12.1. The predicted molar refractivity (Wildman–Crippen MR) is 91.1 cm³/mol. The Morgan fingerprint density at radius 2 is 2.26 bits per heavy atom. The van der Waals surface area contributed by atoms with E-state index in [4.69, 9.17) is 0 Å². The summed E-state index contributed by atoms with van der Waals surface area (Å²) in [5.74, 6) is -1.39. The summed E-state index contributed by atoms with van der Waals surface area (Å²) in [6.45, 7) is 2.44. The summed E-state index contributed by atoms with van der Waals surface area (Å²) in [4.78, 5) is 27.0. The molecule has 0 saturated carbocycles. The lowest BCUT2D eigenvalue weighted by atomic mass is 9.99. The van der Waals surface area contributed by atoms with Crippen molar-refractivity contribution >= 4 is 55.4 Å². The monoisotopic (exact) mass is 344 g/mol. The Morgan fingerprint density at radius 3 is 3.00 bits per heavy atom. The summed E-state index contributed by atoms with van der Waals surface area (Å²) in [6, 6.07) is 5.96. The first-order chi connectivity index (χ1) is 11.2. The number of benzene rings is 1. The maximum atomic E-state index is 12.7. The van der Waals surface area contributed by atoms with Gasteiger partial charge >= 0.3 is 0 Å². The van der Waals surface area contributed by atoms with Crippen molar-refractivity contribution in [3.05, 3.63) is 34.7 Å². The molecule has 0 radical (unpaired) electrons. The van der Waals surface area contributed by atoms with Crippen molar-refractivity contribution in [1.29, 1.82) is 0 Å². The van der Waals surface area contributed by atoms with Gasteiger partial charge in [0.2, 0.25) is 16.9 Å². The number of fused-ring (bicyclic) bond motifs is 2. The third kappa shape index (κ3) is 2.22. The second-order valence-corrected chi connectivity index (χ2v) is 6.90. The highest BCUT2D eigenvalue weighted by Gasteiger charge is 2.41. The zero-order valence-corrected chi connectivity index (χ0v) is 13.8. The van der Waals surface area contributed by atoms with Gasteiger partial charge in [-0.25, -0.2) is 0 Å². The van der Waals surface area contributed by atoms with Crippen molar-refractivity contribution in [2.24, 2.45) is 0 Å². The first-order valence-electron chi connectivity index (χ1n) is 7.08. The van der Waals surface area contributed by atoms with Gasteiger partial charge < -0.3 is 4.90 Å². The largest absolute Gasteiger partial charge is 0.311 e. The van der Waals surface area contributed by atoms with Crippen LogP contribution in [0, 0.1) is 0 Å². The summed E-state index contributed by atoms with van der Waals surface area (Å²) >= 11 is 2.83. The van der Waals surface area contributed by atoms with E-state index >= 15 is 0 Å². The molecular formula is C15H12N4O2S2. The van der Waals surface area contributed by atoms with Crippen LogP contribution in [0.2, 0.25) is 0 Å². The lowest BCUT2D eigenvalue weighted by molar-refractivity contribution is -0.126. The number of nitrogens with one attached hydrogen (secondary N) is 1. The average Bonchev–Trinajstić information content (AvgIpc) is 3.23. The van der Waals surface area contributed by atoms with Crippen LogP contribution in [-0.2, 0) is 9.59 Å². The van der Waals surface area contributed by atoms with E-state index in [1.807, 2.05) is 30.5 Å². The Bertz CT molecular complexity index is 903. The van der Waals surface area contributed by atoms with Crippen LogP contribution in [0.15, 0.2) is 29.1 Å². The molecule has 1 aliphatic rings. The molecule has 2 amide bonds. The number of carbonyl (C=O) groups is 2. The topological polar surface area (TPSA) is 75.2 Å². The fourth-order valence-electron chi connectivity index (χ4n) is 2.87. The van der Waals surface area contributed by atoms with Crippen LogP contribution in [0.3, 0.4) is 0 Å². The van der Waals surface area contributed by atoms with Gasteiger partial charge in [0.05, 0.1) is 0 Å². The molecule has 0 saturated heterocycles. The molecule has 2 aromatic heterocycles. The number of hydrogen-bond donors (Lipinski definition) is 1. The number of carbonyl (C=O) groups excluding carboxylic acids is 2. The number of nitrogens with zero attached hydrogens (tertiary/aromatic N) is 3. The lowest BCUT2D eigenvalue weighted by Crippen LogP contribution is -2.33. The second kappa shape index (κ2) is 5.39. The fraction of sp³-hybridized carbons (Fsp3) is 0.200. The van der Waals surface area contributed by atoms with Gasteiger partial charge in [-0.1, -0.05) is 11.3 Å². The van der Waals surface area contributed by atoms with Crippen LogP contribution in [0.25, 0.3) is 10.1 Å². The van der Waals surface area contributed by atoms with Gasteiger partial charge in [0, 0.05) is 16.9 Å². The Balaban J connectivity index is 1.78. The number of aromatic nitrogens is 2. The average molecular weight is 344 g/mol. The highest BCUT2D eigenvalue weighted by molar-refractivity contribution is 7.17. The maximum Gasteiger partial charge on any atom is 0.244 e. The third-order valence-electron chi connectivity index (χ3n) is 3.89. The quantitative estimate of drug-likeness (QED) is 0.741. The third-order valence-corrected chi connectivity index (χ3v) is 5.37. The van der Waals surface area contributed by atoms with Crippen LogP contribution in [-0.4, -0.2) is 28.6 Å². The molecule has 0 bridgehead atoms. The van der Waals surface area contributed by atoms with Gasteiger partial charge in [0.15, 0.2) is 0 Å². The minimum absolute atomic E-state index is 0.192. The van der Waals surface area contributed by atoms with Crippen molar-refractivity contribution in [1.82, 2.24) is 10.2 Å². The second-order valence-electron chi connectivity index (χ2n) is 5.12. The Hall–Kier alpha value is -2.32. The molecule has 6 nitrogen and oxygen atoms in total. The highest BCUT2D eigenvalue weighted by atomic mass is 32.1. The molecule has 0 spiro atoms. The molecule has 1 atom stereocenters. The molecule has 1 N–H and O–H groups in total. The fourth-order valence-corrected chi connectivity index (χ4v) is 4.14. The van der Waals surface area contributed by atoms with E-state index in [1.165, 1.54) is 16.8 Å². The maximum absolute atomic E-state index is 12.7. The van der Waals surface area contributed by atoms with Crippen LogP contribution in [0.1, 0.15) is 18.4 Å². The van der Waals surface area contributed by atoms with Crippen molar-refractivity contribution in [3.63, 3.8) is 0 Å². The zero-order chi connectivity index (χ0) is 16.0. The molecule has 8 heteroatoms. The highest BCUT2D eigenvalue weighted by Crippen LogP contribution is 2.41. The van der Waals surface area contributed by atoms with Crippen LogP contribution >= 0.6 is 22.7 Å². The number of thiophene rings is 1. The molecule has 3 heterocycles. The molecule has 3 aromatic rings. The van der Waals surface area contributed by atoms with E-state index in [1.54, 1.807) is 16.2 Å². The smallest absolute Gasteiger partial charge is 0.244 e. The summed E-state index contributed by atoms with van der Waals surface area (Å²) in [7, 11) is 0. The van der Waals surface area contributed by atoms with E-state index in [0.717, 1.165) is 21.3 Å². The van der Waals surface area contributed by atoms with E-state index in [0.29, 0.717) is 11.7 Å². The van der Waals surface area contributed by atoms with Gasteiger partial charge in [-0.15, -0.1) is 21.5 Å². The molecule has 1 aliphatic heterocycles. The van der Waals surface area contributed by atoms with E-state index in [9.17, 15) is 9.59 Å². The summed E-state index contributed by atoms with van der Waals surface area (Å²) in [6.07, 6.45) is 0. The SMILES string of the molecule is CCN1C(=O)C(C(=O)Nc2nncs2)c2cc3sccc3cc21. The number of likely N-dealkylation sites (N-methyl/N-ethyl adjacent to an activating group) is 1. The van der Waals surface area contributed by atoms with Crippen molar-refractivity contribution in [3.8, 4) is 0 Å². The molecule has 4 rings (SSSR count). The molecule has 0 aliphatic carbocycles. The first kappa shape index (κ1) is 14.3. The number of hydrogen-bond acceptors (Lipinski definition) is 6. The Morgan fingerprint density at radius 1 is 1.39 bits per heavy atom. The van der Waals surface area contributed by atoms with Crippen LogP contribution in [0.4, 0.5) is 10.8 Å². The Labute approximate surface area is 139 Å². The molecule has 1 aromatic carbocycles. The minimum atomic E-state index is -0.833. The van der Waals surface area contributed by atoms with Gasteiger partial charge in [-0.3, -0.25) is 14.9 Å². The van der Waals surface area contributed by atoms with Gasteiger partial charge in [-0.05, 0) is 41.5 Å². The minimum Gasteiger partial charge on any atom is -0.311 e. The van der Waals surface area contributed by atoms with Gasteiger partial charge in [0.1, 0.15) is 11.4 Å². The van der Waals surface area contributed by atoms with Gasteiger partial charge in [0.25, 0.3) is 0 Å². The molecule has 116 valence electrons. The van der Waals surface area contributed by atoms with E-state index in [-0.39, 0.29) is 11.8 Å². The first-order valence-corrected chi connectivity index (χ1v) is 8.84. The molecular weight excluding hydrogens is 332 g/mol. The van der Waals surface area contributed by atoms with Crippen molar-refractivity contribution < 1.29 is 9.59 Å². The molecule has 23 heavy (non-hydrogen) atoms. The molecule has 1 unspecified atom stereocenters. The van der Waals surface area contributed by atoms with E-state index < -0.39 is 5.92 Å². The number of amides is 2. The normalized spacial score (nSPS) is 16.8. The van der Waals surface area contributed by atoms with Crippen molar-refractivity contribution in [2.45, 2.75) is 12.8 Å². The molecule has 0 fully saturated rings. The lowest BCUT2D eigenvalue weighted by Gasteiger charge is -2.15. The predicted octanol–water partition coefficient (Wildman–Crippen LogP) is 2.84. The standard InChI is InChI=1S/C15H12N4O2S2/c1-2-19-10-5-8-3-4-22-11(8)6-9(10)12(14(19)21)13(20)17-15-18-16-7-23-15/h3-7,12H,2H2,1H3,(H,17,18,20). The van der Waals surface area contributed by atoms with Gasteiger partial charge in [-0.2, -0.15) is 0 Å². The van der Waals surface area contributed by atoms with Crippen molar-refractivity contribution in [2.75, 3.05) is 16.8 Å². The Kier molecular flexibility index (Phi) is 3.35. The number of anilines is 2. The van der Waals surface area contributed by atoms with E-state index in [2.05, 4.69) is 15.5 Å². The number of rotatable bonds is 3. The van der Waals surface area contributed by atoms with Crippen LogP contribution in [0.5, 0.6) is 0 Å². The summed E-state index contributed by atoms with van der Waals surface area (Å²) in [5.41, 5.74) is 3.11. The summed E-state index contributed by atoms with van der Waals surface area (Å²) in [5, 5.41) is 13.7.